The van der Waals surface area contributed by atoms with E-state index < -0.39 is 30.0 Å². The van der Waals surface area contributed by atoms with E-state index in [0.717, 1.165) is 49.3 Å². The fourth-order valence-electron chi connectivity index (χ4n) is 5.11. The van der Waals surface area contributed by atoms with E-state index in [-0.39, 0.29) is 24.1 Å². The van der Waals surface area contributed by atoms with E-state index in [1.54, 1.807) is 10.9 Å². The molecule has 9 nitrogen and oxygen atoms in total. The molecule has 4 N–H and O–H groups in total. The minimum absolute atomic E-state index is 0.00216. The summed E-state index contributed by atoms with van der Waals surface area (Å²) in [6.07, 6.45) is -3.79. The third kappa shape index (κ3) is 7.61. The summed E-state index contributed by atoms with van der Waals surface area (Å²) in [6.45, 7) is 3.78. The number of hydrogen-bond donors (Lipinski definition) is 2. The number of fused-ring (bicyclic) bond motifs is 1. The van der Waals surface area contributed by atoms with Gasteiger partial charge in [-0.2, -0.15) is 31.4 Å². The van der Waals surface area contributed by atoms with Crippen LogP contribution in [0.25, 0.3) is 11.0 Å². The first-order valence-electron chi connectivity index (χ1n) is 14.2. The third-order valence-corrected chi connectivity index (χ3v) is 7.58. The molecule has 43 heavy (non-hydrogen) atoms. The van der Waals surface area contributed by atoms with Crippen LogP contribution in [0.2, 0.25) is 0 Å². The summed E-state index contributed by atoms with van der Waals surface area (Å²) >= 11 is 0. The Balaban J connectivity index is 1.58. The van der Waals surface area contributed by atoms with Crippen molar-refractivity contribution in [3.05, 3.63) is 52.7 Å². The van der Waals surface area contributed by atoms with Gasteiger partial charge >= 0.3 is 12.4 Å². The van der Waals surface area contributed by atoms with Gasteiger partial charge in [0.25, 0.3) is 0 Å². The van der Waals surface area contributed by atoms with Crippen LogP contribution >= 0.6 is 0 Å². The van der Waals surface area contributed by atoms with Crippen LogP contribution in [0.4, 0.5) is 32.2 Å². The van der Waals surface area contributed by atoms with Crippen LogP contribution in [-0.2, 0) is 32.0 Å². The first-order chi connectivity index (χ1) is 20.2. The molecule has 15 heteroatoms. The first-order valence-corrected chi connectivity index (χ1v) is 14.2. The number of halogens is 6. The highest BCUT2D eigenvalue weighted by molar-refractivity contribution is 5.80. The highest BCUT2D eigenvalue weighted by atomic mass is 19.4. The number of hydrazone groups is 1. The Morgan fingerprint density at radius 1 is 0.953 bits per heavy atom. The van der Waals surface area contributed by atoms with Crippen molar-refractivity contribution in [3.8, 4) is 0 Å². The van der Waals surface area contributed by atoms with Crippen LogP contribution in [0.15, 0.2) is 35.6 Å². The van der Waals surface area contributed by atoms with Gasteiger partial charge in [0.15, 0.2) is 5.65 Å². The summed E-state index contributed by atoms with van der Waals surface area (Å²) in [4.78, 5) is 8.69. The van der Waals surface area contributed by atoms with Crippen molar-refractivity contribution in [1.29, 1.82) is 0 Å². The second kappa shape index (κ2) is 11.7. The Hall–Kier alpha value is -3.75. The lowest BCUT2D eigenvalue weighted by atomic mass is 10.0. The average Bonchev–Trinajstić information content (AvgIpc) is 3.85. The molecule has 2 aliphatic carbocycles. The quantitative estimate of drug-likeness (QED) is 0.102. The molecule has 234 valence electrons. The van der Waals surface area contributed by atoms with Crippen molar-refractivity contribution in [2.75, 3.05) is 25.0 Å². The Morgan fingerprint density at radius 2 is 1.53 bits per heavy atom. The molecule has 2 fully saturated rings. The van der Waals surface area contributed by atoms with Gasteiger partial charge < -0.3 is 15.5 Å². The Morgan fingerprint density at radius 3 is 2.02 bits per heavy atom. The summed E-state index contributed by atoms with van der Waals surface area (Å²) in [6, 6.07) is 3.40. The number of hydrogen-bond acceptors (Lipinski definition) is 6. The van der Waals surface area contributed by atoms with Crippen LogP contribution in [0.1, 0.15) is 54.9 Å². The Kier molecular flexibility index (Phi) is 8.38. The molecule has 5 rings (SSSR count). The molecule has 0 spiro atoms. The maximum atomic E-state index is 13.6. The minimum atomic E-state index is -4.98. The summed E-state index contributed by atoms with van der Waals surface area (Å²) in [5.41, 5.74) is 4.62. The number of hydrazine groups is 1. The number of rotatable bonds is 11. The molecule has 2 heterocycles. The topological polar surface area (TPSA) is 105 Å². The maximum Gasteiger partial charge on any atom is 0.416 e. The zero-order valence-electron chi connectivity index (χ0n) is 24.0. The number of nitrogens with zero attached hydrogens (tertiary/aromatic N) is 7. The van der Waals surface area contributed by atoms with Gasteiger partial charge in [-0.25, -0.2) is 20.6 Å². The molecule has 0 amide bonds. The van der Waals surface area contributed by atoms with Crippen LogP contribution in [0.3, 0.4) is 0 Å². The van der Waals surface area contributed by atoms with E-state index >= 15 is 0 Å². The molecule has 0 atom stereocenters. The molecule has 1 aromatic carbocycles. The predicted molar refractivity (Wildman–Crippen MR) is 150 cm³/mol. The van der Waals surface area contributed by atoms with E-state index in [1.807, 2.05) is 13.0 Å². The zero-order chi connectivity index (χ0) is 31.1. The van der Waals surface area contributed by atoms with Crippen molar-refractivity contribution in [2.45, 2.75) is 64.6 Å². The van der Waals surface area contributed by atoms with Crippen LogP contribution in [0, 0.1) is 11.8 Å². The molecule has 3 aromatic rings. The molecule has 0 saturated heterocycles. The van der Waals surface area contributed by atoms with Crippen molar-refractivity contribution in [1.82, 2.24) is 24.8 Å². The van der Waals surface area contributed by atoms with Crippen LogP contribution < -0.4 is 16.5 Å². The molecule has 2 aliphatic rings. The highest BCUT2D eigenvalue weighted by Crippen LogP contribution is 2.39. The van der Waals surface area contributed by atoms with Crippen molar-refractivity contribution in [2.24, 2.45) is 28.5 Å². The summed E-state index contributed by atoms with van der Waals surface area (Å²) in [7, 11) is 1.41. The number of nitrogens with two attached hydrogens (primary N) is 2. The standard InChI is InChI=1S/C28H35F6N9/c1-3-43-25-20(12-37-43)10-21(24(38-25)41(13-17-4-5-17)14-18-6-7-18)16-42(26(35)39-40(2)36)15-19-8-22(27(29,30)31)11-23(9-19)28(32,33)34/h8-12,17-18H,3-7,13-16,36H2,1-2H3,(H2,35,39). The fraction of sp³-hybridized carbons (Fsp3) is 0.536. The maximum absolute atomic E-state index is 13.6. The van der Waals surface area contributed by atoms with Gasteiger partial charge in [0.05, 0.1) is 17.3 Å². The fourth-order valence-corrected chi connectivity index (χ4v) is 5.11. The lowest BCUT2D eigenvalue weighted by Gasteiger charge is -2.30. The second-order valence-electron chi connectivity index (χ2n) is 11.4. The predicted octanol–water partition coefficient (Wildman–Crippen LogP) is 5.15. The van der Waals surface area contributed by atoms with Crippen molar-refractivity contribution < 1.29 is 26.3 Å². The van der Waals surface area contributed by atoms with Gasteiger partial charge in [-0.15, -0.1) is 5.10 Å². The van der Waals surface area contributed by atoms with Gasteiger partial charge in [0.1, 0.15) is 5.82 Å². The number of anilines is 1. The number of alkyl halides is 6. The monoisotopic (exact) mass is 611 g/mol. The first kappa shape index (κ1) is 30.7. The molecule has 2 aromatic heterocycles. The Bertz CT molecular complexity index is 1430. The zero-order valence-corrected chi connectivity index (χ0v) is 24.0. The normalized spacial score (nSPS) is 16.2. The summed E-state index contributed by atoms with van der Waals surface area (Å²) in [5, 5.41) is 10.1. The van der Waals surface area contributed by atoms with Crippen LogP contribution in [0.5, 0.6) is 0 Å². The molecular weight excluding hydrogens is 576 g/mol. The summed E-state index contributed by atoms with van der Waals surface area (Å²) < 4.78 is 83.5. The number of guanidine groups is 1. The van der Waals surface area contributed by atoms with Crippen LogP contribution in [-0.4, -0.2) is 50.9 Å². The molecule has 0 unspecified atom stereocenters. The smallest absolute Gasteiger partial charge is 0.368 e. The van der Waals surface area contributed by atoms with E-state index in [1.165, 1.54) is 11.9 Å². The molecular formula is C28H35F6N9. The van der Waals surface area contributed by atoms with Gasteiger partial charge in [-0.1, -0.05) is 0 Å². The number of aryl methyl sites for hydroxylation is 1. The van der Waals surface area contributed by atoms with E-state index in [9.17, 15) is 26.3 Å². The SMILES string of the molecule is CCn1ncc2cc(CN(Cc3cc(C(F)(F)F)cc(C(F)(F)F)c3)/C(N)=N/N(C)N)c(N(CC3CC3)CC3CC3)nc21. The van der Waals surface area contributed by atoms with E-state index in [4.69, 9.17) is 16.6 Å². The van der Waals surface area contributed by atoms with Crippen molar-refractivity contribution >= 4 is 22.8 Å². The van der Waals surface area contributed by atoms with Gasteiger partial charge in [0.2, 0.25) is 5.96 Å². The van der Waals surface area contributed by atoms with E-state index in [2.05, 4.69) is 15.1 Å². The van der Waals surface area contributed by atoms with Gasteiger partial charge in [-0.3, -0.25) is 0 Å². The average molecular weight is 612 g/mol. The summed E-state index contributed by atoms with van der Waals surface area (Å²) in [5.74, 6) is 7.28. The second-order valence-corrected chi connectivity index (χ2v) is 11.4. The lowest BCUT2D eigenvalue weighted by Crippen LogP contribution is -2.40. The largest absolute Gasteiger partial charge is 0.416 e. The van der Waals surface area contributed by atoms with Crippen molar-refractivity contribution in [3.63, 3.8) is 0 Å². The minimum Gasteiger partial charge on any atom is -0.368 e. The van der Waals surface area contributed by atoms with Gasteiger partial charge in [-0.05, 0) is 74.3 Å². The molecule has 0 radical (unpaired) electrons. The molecule has 0 aliphatic heterocycles. The van der Waals surface area contributed by atoms with E-state index in [0.29, 0.717) is 47.5 Å². The third-order valence-electron chi connectivity index (χ3n) is 7.58. The van der Waals surface area contributed by atoms with Gasteiger partial charge in [0, 0.05) is 50.7 Å². The number of benzene rings is 1. The molecule has 0 bridgehead atoms. The Labute approximate surface area is 245 Å². The highest BCUT2D eigenvalue weighted by Gasteiger charge is 2.37. The lowest BCUT2D eigenvalue weighted by molar-refractivity contribution is -0.143. The molecule has 2 saturated carbocycles. The number of aromatic nitrogens is 3. The number of pyridine rings is 1.